The number of tetrazole rings is 1. The molecule has 0 saturated carbocycles. The summed E-state index contributed by atoms with van der Waals surface area (Å²) < 4.78 is 0. The quantitative estimate of drug-likeness (QED) is 0.519. The standard InChI is InChI=1S/C12H12N8O/c13-17-14-6-8-5-11(21)20(7-8)10-3-1-9(2-4-10)12-15-18-19-16-12/h1-4,8H,5-7H2,(H,15,16,18,19). The fourth-order valence-electron chi connectivity index (χ4n) is 2.38. The molecule has 0 bridgehead atoms. The normalized spacial score (nSPS) is 17.8. The number of carbonyl (C=O) groups excluding carboxylic acids is 1. The summed E-state index contributed by atoms with van der Waals surface area (Å²) in [6.45, 7) is 0.916. The van der Waals surface area contributed by atoms with Gasteiger partial charge in [-0.1, -0.05) is 5.11 Å². The molecule has 0 radical (unpaired) electrons. The van der Waals surface area contributed by atoms with Crippen LogP contribution in [0, 0.1) is 5.92 Å². The Morgan fingerprint density at radius 3 is 2.90 bits per heavy atom. The van der Waals surface area contributed by atoms with Gasteiger partial charge >= 0.3 is 0 Å². The predicted octanol–water partition coefficient (Wildman–Crippen LogP) is 1.53. The second kappa shape index (κ2) is 5.59. The molecule has 2 aromatic rings. The van der Waals surface area contributed by atoms with E-state index in [1.54, 1.807) is 4.90 Å². The lowest BCUT2D eigenvalue weighted by molar-refractivity contribution is -0.117. The summed E-state index contributed by atoms with van der Waals surface area (Å²) in [5, 5.41) is 17.2. The highest BCUT2D eigenvalue weighted by atomic mass is 16.2. The number of H-pyrrole nitrogens is 1. The molecule has 2 heterocycles. The number of hydrogen-bond donors (Lipinski definition) is 1. The Labute approximate surface area is 119 Å². The minimum absolute atomic E-state index is 0.0421. The first-order valence-corrected chi connectivity index (χ1v) is 6.43. The van der Waals surface area contributed by atoms with Gasteiger partial charge in [0.05, 0.1) is 0 Å². The molecule has 21 heavy (non-hydrogen) atoms. The molecule has 0 spiro atoms. The Hall–Kier alpha value is -2.93. The highest BCUT2D eigenvalue weighted by Gasteiger charge is 2.29. The van der Waals surface area contributed by atoms with Crippen molar-refractivity contribution in [3.63, 3.8) is 0 Å². The average Bonchev–Trinajstić information content (AvgIpc) is 3.15. The van der Waals surface area contributed by atoms with Gasteiger partial charge in [0.25, 0.3) is 0 Å². The van der Waals surface area contributed by atoms with Crippen molar-refractivity contribution >= 4 is 11.6 Å². The molecule has 1 saturated heterocycles. The van der Waals surface area contributed by atoms with Gasteiger partial charge in [-0.05, 0) is 40.9 Å². The smallest absolute Gasteiger partial charge is 0.227 e. The Kier molecular flexibility index (Phi) is 3.48. The zero-order valence-electron chi connectivity index (χ0n) is 11.0. The van der Waals surface area contributed by atoms with E-state index < -0.39 is 0 Å². The van der Waals surface area contributed by atoms with Gasteiger partial charge < -0.3 is 4.90 Å². The fraction of sp³-hybridized carbons (Fsp3) is 0.333. The van der Waals surface area contributed by atoms with E-state index in [4.69, 9.17) is 5.53 Å². The number of amides is 1. The maximum absolute atomic E-state index is 12.0. The van der Waals surface area contributed by atoms with Crippen molar-refractivity contribution in [2.24, 2.45) is 11.0 Å². The highest BCUT2D eigenvalue weighted by molar-refractivity contribution is 5.95. The third-order valence-corrected chi connectivity index (χ3v) is 3.39. The van der Waals surface area contributed by atoms with Crippen molar-refractivity contribution < 1.29 is 4.79 Å². The highest BCUT2D eigenvalue weighted by Crippen LogP contribution is 2.27. The van der Waals surface area contributed by atoms with Crippen LogP contribution in [0.4, 0.5) is 5.69 Å². The van der Waals surface area contributed by atoms with Gasteiger partial charge in [-0.25, -0.2) is 0 Å². The predicted molar refractivity (Wildman–Crippen MR) is 74.1 cm³/mol. The van der Waals surface area contributed by atoms with Crippen LogP contribution in [0.25, 0.3) is 21.8 Å². The van der Waals surface area contributed by atoms with E-state index in [2.05, 4.69) is 30.7 Å². The molecule has 106 valence electrons. The lowest BCUT2D eigenvalue weighted by Crippen LogP contribution is -2.24. The molecular formula is C12H12N8O. The van der Waals surface area contributed by atoms with E-state index in [-0.39, 0.29) is 11.8 Å². The van der Waals surface area contributed by atoms with Crippen LogP contribution in [0.15, 0.2) is 29.4 Å². The Balaban J connectivity index is 1.75. The van der Waals surface area contributed by atoms with Gasteiger partial charge in [0.2, 0.25) is 11.7 Å². The first kappa shape index (κ1) is 13.1. The number of benzene rings is 1. The van der Waals surface area contributed by atoms with Gasteiger partial charge in [0, 0.05) is 35.7 Å². The summed E-state index contributed by atoms with van der Waals surface area (Å²) in [6, 6.07) is 7.38. The third-order valence-electron chi connectivity index (χ3n) is 3.39. The number of nitrogens with zero attached hydrogens (tertiary/aromatic N) is 7. The second-order valence-electron chi connectivity index (χ2n) is 4.77. The van der Waals surface area contributed by atoms with Crippen molar-refractivity contribution in [2.45, 2.75) is 6.42 Å². The molecule has 9 nitrogen and oxygen atoms in total. The van der Waals surface area contributed by atoms with E-state index in [0.29, 0.717) is 25.3 Å². The number of aromatic amines is 1. The van der Waals surface area contributed by atoms with Crippen LogP contribution in [-0.4, -0.2) is 39.6 Å². The molecule has 1 unspecified atom stereocenters. The lowest BCUT2D eigenvalue weighted by atomic mass is 10.1. The molecule has 1 N–H and O–H groups in total. The molecule has 0 aliphatic carbocycles. The Bertz CT molecular complexity index is 674. The Morgan fingerprint density at radius 1 is 1.43 bits per heavy atom. The number of rotatable bonds is 4. The van der Waals surface area contributed by atoms with Crippen LogP contribution in [0.5, 0.6) is 0 Å². The lowest BCUT2D eigenvalue weighted by Gasteiger charge is -2.16. The van der Waals surface area contributed by atoms with Crippen molar-refractivity contribution in [3.05, 3.63) is 34.7 Å². The van der Waals surface area contributed by atoms with E-state index >= 15 is 0 Å². The molecule has 1 aromatic carbocycles. The van der Waals surface area contributed by atoms with Gasteiger partial charge in [-0.3, -0.25) is 4.79 Å². The summed E-state index contributed by atoms with van der Waals surface area (Å²) in [7, 11) is 0. The number of azide groups is 1. The minimum atomic E-state index is 0.0421. The average molecular weight is 284 g/mol. The first-order chi connectivity index (χ1) is 10.3. The van der Waals surface area contributed by atoms with Gasteiger partial charge in [-0.15, -0.1) is 10.2 Å². The largest absolute Gasteiger partial charge is 0.312 e. The van der Waals surface area contributed by atoms with Crippen LogP contribution >= 0.6 is 0 Å². The SMILES string of the molecule is [N-]=[N+]=NCC1CC(=O)N(c2ccc(-c3nn[nH]n3)cc2)C1. The number of hydrogen-bond acceptors (Lipinski definition) is 5. The van der Waals surface area contributed by atoms with Crippen LogP contribution < -0.4 is 4.90 Å². The molecule has 1 aromatic heterocycles. The number of anilines is 1. The molecule has 1 aliphatic heterocycles. The van der Waals surface area contributed by atoms with E-state index in [1.165, 1.54) is 0 Å². The van der Waals surface area contributed by atoms with Crippen molar-refractivity contribution in [2.75, 3.05) is 18.0 Å². The zero-order valence-corrected chi connectivity index (χ0v) is 11.0. The molecule has 9 heteroatoms. The third kappa shape index (κ3) is 2.67. The number of aromatic nitrogens is 4. The molecule has 1 atom stereocenters. The first-order valence-electron chi connectivity index (χ1n) is 6.43. The van der Waals surface area contributed by atoms with Gasteiger partial charge in [0.15, 0.2) is 0 Å². The summed E-state index contributed by atoms with van der Waals surface area (Å²) in [6.07, 6.45) is 0.408. The van der Waals surface area contributed by atoms with Gasteiger partial charge in [0.1, 0.15) is 0 Å². The summed E-state index contributed by atoms with van der Waals surface area (Å²) >= 11 is 0. The van der Waals surface area contributed by atoms with Crippen LogP contribution in [0.3, 0.4) is 0 Å². The molecule has 1 aliphatic rings. The van der Waals surface area contributed by atoms with E-state index in [9.17, 15) is 4.79 Å². The molecule has 3 rings (SSSR count). The summed E-state index contributed by atoms with van der Waals surface area (Å²) in [4.78, 5) is 16.5. The number of nitrogens with one attached hydrogen (secondary N) is 1. The van der Waals surface area contributed by atoms with Gasteiger partial charge in [-0.2, -0.15) is 5.21 Å². The monoisotopic (exact) mass is 284 g/mol. The molecular weight excluding hydrogens is 272 g/mol. The van der Waals surface area contributed by atoms with Crippen LogP contribution in [0.1, 0.15) is 6.42 Å². The molecule has 1 amide bonds. The van der Waals surface area contributed by atoms with E-state index in [0.717, 1.165) is 11.3 Å². The van der Waals surface area contributed by atoms with Crippen LogP contribution in [0.2, 0.25) is 0 Å². The van der Waals surface area contributed by atoms with E-state index in [1.807, 2.05) is 24.3 Å². The van der Waals surface area contributed by atoms with Crippen LogP contribution in [-0.2, 0) is 4.79 Å². The topological polar surface area (TPSA) is 124 Å². The van der Waals surface area contributed by atoms with Crippen molar-refractivity contribution in [1.29, 1.82) is 0 Å². The minimum Gasteiger partial charge on any atom is -0.312 e. The summed E-state index contributed by atoms with van der Waals surface area (Å²) in [5.74, 6) is 0.626. The Morgan fingerprint density at radius 2 is 2.24 bits per heavy atom. The maximum Gasteiger partial charge on any atom is 0.227 e. The maximum atomic E-state index is 12.0. The molecule has 1 fully saturated rings. The van der Waals surface area contributed by atoms with Crippen molar-refractivity contribution in [3.8, 4) is 11.4 Å². The summed E-state index contributed by atoms with van der Waals surface area (Å²) in [5.41, 5.74) is 9.98. The number of carbonyl (C=O) groups is 1. The van der Waals surface area contributed by atoms with Crippen molar-refractivity contribution in [1.82, 2.24) is 20.6 Å². The zero-order chi connectivity index (χ0) is 14.7. The second-order valence-corrected chi connectivity index (χ2v) is 4.77. The fourth-order valence-corrected chi connectivity index (χ4v) is 2.38.